The number of aromatic amines is 1. The molecule has 0 saturated carbocycles. The van der Waals surface area contributed by atoms with E-state index in [1.165, 1.54) is 30.0 Å². The monoisotopic (exact) mass is 480 g/mol. The van der Waals surface area contributed by atoms with Gasteiger partial charge in [0.05, 0.1) is 22.0 Å². The predicted octanol–water partition coefficient (Wildman–Crippen LogP) is 3.61. The Bertz CT molecular complexity index is 1100. The molecule has 1 atom stereocenters. The summed E-state index contributed by atoms with van der Waals surface area (Å²) in [6.07, 6.45) is 1.71. The minimum absolute atomic E-state index is 0.0595. The van der Waals surface area contributed by atoms with Gasteiger partial charge in [0.15, 0.2) is 5.16 Å². The summed E-state index contributed by atoms with van der Waals surface area (Å²) >= 11 is 4.67. The molecule has 146 valence electrons. The molecule has 0 saturated heterocycles. The van der Waals surface area contributed by atoms with Crippen molar-refractivity contribution >= 4 is 49.3 Å². The number of H-pyrrole nitrogens is 1. The molecular formula is C18H17BrN4O3S2. The summed E-state index contributed by atoms with van der Waals surface area (Å²) in [5, 5.41) is 7.96. The molecule has 0 fully saturated rings. The largest absolute Gasteiger partial charge is 0.333 e. The number of halogens is 1. The van der Waals surface area contributed by atoms with Gasteiger partial charge in [0, 0.05) is 10.2 Å². The van der Waals surface area contributed by atoms with Crippen LogP contribution in [0, 0.1) is 0 Å². The van der Waals surface area contributed by atoms with Gasteiger partial charge in [-0.2, -0.15) is 0 Å². The van der Waals surface area contributed by atoms with E-state index in [1.54, 1.807) is 19.2 Å². The normalized spacial score (nSPS) is 12.5. The third kappa shape index (κ3) is 5.22. The van der Waals surface area contributed by atoms with E-state index in [-0.39, 0.29) is 10.8 Å². The van der Waals surface area contributed by atoms with Crippen molar-refractivity contribution in [2.75, 3.05) is 5.32 Å². The zero-order valence-electron chi connectivity index (χ0n) is 14.7. The van der Waals surface area contributed by atoms with Gasteiger partial charge in [0.1, 0.15) is 0 Å². The van der Waals surface area contributed by atoms with Gasteiger partial charge >= 0.3 is 0 Å². The zero-order valence-corrected chi connectivity index (χ0v) is 17.9. The Morgan fingerprint density at radius 2 is 1.96 bits per heavy atom. The highest BCUT2D eigenvalue weighted by molar-refractivity contribution is 9.10. The molecule has 10 heteroatoms. The smallest absolute Gasteiger partial charge is 0.238 e. The standard InChI is InChI=1S/C18H17BrN4O3S2/c1-11(17(24)22-14-3-2-4-15(9-14)28(20,25)26)27-18-21-10-16(23-18)12-5-7-13(19)8-6-12/h2-11H,1H3,(H,21,23)(H,22,24)(H2,20,25,26). The van der Waals surface area contributed by atoms with Crippen molar-refractivity contribution < 1.29 is 13.2 Å². The first kappa shape index (κ1) is 20.6. The molecule has 0 radical (unpaired) electrons. The number of nitrogens with one attached hydrogen (secondary N) is 2. The molecule has 1 heterocycles. The maximum absolute atomic E-state index is 12.4. The number of aromatic nitrogens is 2. The lowest BCUT2D eigenvalue weighted by molar-refractivity contribution is -0.115. The van der Waals surface area contributed by atoms with E-state index in [0.29, 0.717) is 10.8 Å². The zero-order chi connectivity index (χ0) is 20.3. The second kappa shape index (κ2) is 8.48. The molecule has 4 N–H and O–H groups in total. The summed E-state index contributed by atoms with van der Waals surface area (Å²) in [6.45, 7) is 1.74. The second-order valence-electron chi connectivity index (χ2n) is 5.93. The van der Waals surface area contributed by atoms with Crippen LogP contribution in [-0.2, 0) is 14.8 Å². The maximum atomic E-state index is 12.4. The number of hydrogen-bond donors (Lipinski definition) is 3. The lowest BCUT2D eigenvalue weighted by Crippen LogP contribution is -2.22. The third-order valence-corrected chi connectivity index (χ3v) is 6.23. The van der Waals surface area contributed by atoms with Crippen LogP contribution in [0.5, 0.6) is 0 Å². The summed E-state index contributed by atoms with van der Waals surface area (Å²) in [5.41, 5.74) is 2.20. The van der Waals surface area contributed by atoms with E-state index in [1.807, 2.05) is 24.3 Å². The molecular weight excluding hydrogens is 464 g/mol. The Morgan fingerprint density at radius 1 is 1.25 bits per heavy atom. The number of hydrogen-bond acceptors (Lipinski definition) is 5. The number of rotatable bonds is 6. The van der Waals surface area contributed by atoms with E-state index in [4.69, 9.17) is 5.14 Å². The summed E-state index contributed by atoms with van der Waals surface area (Å²) < 4.78 is 23.8. The van der Waals surface area contributed by atoms with Crippen LogP contribution in [0.4, 0.5) is 5.69 Å². The van der Waals surface area contributed by atoms with Crippen molar-refractivity contribution in [2.24, 2.45) is 5.14 Å². The fraction of sp³-hybridized carbons (Fsp3) is 0.111. The van der Waals surface area contributed by atoms with Gasteiger partial charge in [0.2, 0.25) is 15.9 Å². The van der Waals surface area contributed by atoms with Crippen molar-refractivity contribution in [1.82, 2.24) is 9.97 Å². The molecule has 1 amide bonds. The van der Waals surface area contributed by atoms with Crippen LogP contribution in [0.3, 0.4) is 0 Å². The Morgan fingerprint density at radius 3 is 2.64 bits per heavy atom. The number of nitrogens with zero attached hydrogens (tertiary/aromatic N) is 1. The van der Waals surface area contributed by atoms with Crippen LogP contribution in [0.25, 0.3) is 11.3 Å². The number of imidazole rings is 1. The Labute approximate surface area is 175 Å². The fourth-order valence-corrected chi connectivity index (χ4v) is 3.96. The Balaban J connectivity index is 1.66. The van der Waals surface area contributed by atoms with Gasteiger partial charge in [-0.3, -0.25) is 4.79 Å². The van der Waals surface area contributed by atoms with Crippen LogP contribution in [0.2, 0.25) is 0 Å². The van der Waals surface area contributed by atoms with Crippen molar-refractivity contribution in [2.45, 2.75) is 22.2 Å². The number of amides is 1. The number of nitrogens with two attached hydrogens (primary N) is 1. The third-order valence-electron chi connectivity index (χ3n) is 3.80. The summed E-state index contributed by atoms with van der Waals surface area (Å²) in [6, 6.07) is 13.6. The molecule has 28 heavy (non-hydrogen) atoms. The van der Waals surface area contributed by atoms with E-state index in [9.17, 15) is 13.2 Å². The highest BCUT2D eigenvalue weighted by Crippen LogP contribution is 2.26. The molecule has 7 nitrogen and oxygen atoms in total. The number of anilines is 1. The van der Waals surface area contributed by atoms with Crippen molar-refractivity contribution in [3.8, 4) is 11.3 Å². The number of thioether (sulfide) groups is 1. The number of primary sulfonamides is 1. The second-order valence-corrected chi connectivity index (χ2v) is 9.74. The quantitative estimate of drug-likeness (QED) is 0.465. The van der Waals surface area contributed by atoms with Gasteiger partial charge in [-0.25, -0.2) is 18.5 Å². The number of carbonyl (C=O) groups excluding carboxylic acids is 1. The van der Waals surface area contributed by atoms with E-state index in [0.717, 1.165) is 15.7 Å². The first-order valence-electron chi connectivity index (χ1n) is 8.14. The van der Waals surface area contributed by atoms with Crippen LogP contribution in [0.1, 0.15) is 6.92 Å². The molecule has 2 aromatic carbocycles. The SMILES string of the molecule is CC(Sc1ncc(-c2ccc(Br)cc2)[nH]1)C(=O)Nc1cccc(S(N)(=O)=O)c1. The lowest BCUT2D eigenvalue weighted by atomic mass is 10.2. The predicted molar refractivity (Wildman–Crippen MR) is 113 cm³/mol. The topological polar surface area (TPSA) is 118 Å². The van der Waals surface area contributed by atoms with Gasteiger partial charge in [-0.15, -0.1) is 0 Å². The van der Waals surface area contributed by atoms with E-state index in [2.05, 4.69) is 31.2 Å². The molecule has 0 spiro atoms. The average Bonchev–Trinajstić information content (AvgIpc) is 3.10. The molecule has 0 aliphatic rings. The van der Waals surface area contributed by atoms with Gasteiger partial charge < -0.3 is 10.3 Å². The Kier molecular flexibility index (Phi) is 6.23. The van der Waals surface area contributed by atoms with Gasteiger partial charge in [-0.1, -0.05) is 45.9 Å². The first-order valence-corrected chi connectivity index (χ1v) is 11.4. The minimum Gasteiger partial charge on any atom is -0.333 e. The summed E-state index contributed by atoms with van der Waals surface area (Å²) in [7, 11) is -3.83. The number of carbonyl (C=O) groups is 1. The van der Waals surface area contributed by atoms with Crippen LogP contribution >= 0.6 is 27.7 Å². The molecule has 0 bridgehead atoms. The summed E-state index contributed by atoms with van der Waals surface area (Å²) in [4.78, 5) is 19.9. The molecule has 1 unspecified atom stereocenters. The summed E-state index contributed by atoms with van der Waals surface area (Å²) in [5.74, 6) is -0.279. The molecule has 0 aliphatic heterocycles. The van der Waals surface area contributed by atoms with Crippen molar-refractivity contribution in [1.29, 1.82) is 0 Å². The van der Waals surface area contributed by atoms with E-state index >= 15 is 0 Å². The van der Waals surface area contributed by atoms with Crippen molar-refractivity contribution in [3.63, 3.8) is 0 Å². The first-order chi connectivity index (χ1) is 13.2. The maximum Gasteiger partial charge on any atom is 0.238 e. The highest BCUT2D eigenvalue weighted by Gasteiger charge is 2.17. The van der Waals surface area contributed by atoms with Crippen molar-refractivity contribution in [3.05, 3.63) is 59.2 Å². The molecule has 3 aromatic rings. The number of sulfonamides is 1. The lowest BCUT2D eigenvalue weighted by Gasteiger charge is -2.11. The Hall–Kier alpha value is -2.14. The van der Waals surface area contributed by atoms with E-state index < -0.39 is 15.3 Å². The number of benzene rings is 2. The molecule has 1 aromatic heterocycles. The van der Waals surface area contributed by atoms with Crippen LogP contribution in [-0.4, -0.2) is 29.5 Å². The molecule has 3 rings (SSSR count). The fourth-order valence-electron chi connectivity index (χ4n) is 2.35. The average molecular weight is 481 g/mol. The minimum atomic E-state index is -3.83. The van der Waals surface area contributed by atoms with Gasteiger partial charge in [-0.05, 0) is 42.8 Å². The van der Waals surface area contributed by atoms with Crippen LogP contribution < -0.4 is 10.5 Å². The molecule has 0 aliphatic carbocycles. The van der Waals surface area contributed by atoms with Gasteiger partial charge in [0.25, 0.3) is 0 Å². The van der Waals surface area contributed by atoms with Crippen LogP contribution in [0.15, 0.2) is 69.3 Å². The highest BCUT2D eigenvalue weighted by atomic mass is 79.9.